The van der Waals surface area contributed by atoms with E-state index in [4.69, 9.17) is 21.1 Å². The molecule has 1 amide bonds. The van der Waals surface area contributed by atoms with Gasteiger partial charge in [-0.05, 0) is 36.4 Å². The third kappa shape index (κ3) is 4.91. The van der Waals surface area contributed by atoms with Crippen molar-refractivity contribution in [2.75, 3.05) is 18.5 Å². The van der Waals surface area contributed by atoms with Gasteiger partial charge in [0.1, 0.15) is 5.75 Å². The van der Waals surface area contributed by atoms with E-state index >= 15 is 0 Å². The second kappa shape index (κ2) is 7.96. The molecule has 1 aromatic heterocycles. The van der Waals surface area contributed by atoms with E-state index in [0.717, 1.165) is 10.2 Å². The molecule has 0 fully saturated rings. The van der Waals surface area contributed by atoms with Crippen molar-refractivity contribution in [3.05, 3.63) is 53.6 Å². The van der Waals surface area contributed by atoms with E-state index in [0.29, 0.717) is 15.9 Å². The van der Waals surface area contributed by atoms with Crippen LogP contribution in [0.2, 0.25) is 5.02 Å². The molecule has 0 atom stereocenters. The van der Waals surface area contributed by atoms with Gasteiger partial charge in [0, 0.05) is 5.02 Å². The SMILES string of the molecule is O=C(COC(=O)COc1ccc(Cl)cc1)Nc1nc2ccccc2s1. The molecule has 2 aromatic carbocycles. The third-order valence-corrected chi connectivity index (χ3v) is 4.28. The van der Waals surface area contributed by atoms with E-state index in [9.17, 15) is 9.59 Å². The Bertz CT molecular complexity index is 862. The summed E-state index contributed by atoms with van der Waals surface area (Å²) in [6, 6.07) is 14.1. The van der Waals surface area contributed by atoms with Crippen molar-refractivity contribution in [3.8, 4) is 5.75 Å². The van der Waals surface area contributed by atoms with Gasteiger partial charge in [-0.1, -0.05) is 35.1 Å². The average Bonchev–Trinajstić information content (AvgIpc) is 3.01. The summed E-state index contributed by atoms with van der Waals surface area (Å²) in [5.41, 5.74) is 0.802. The van der Waals surface area contributed by atoms with Crippen molar-refractivity contribution in [2.45, 2.75) is 0 Å². The van der Waals surface area contributed by atoms with Gasteiger partial charge in [-0.2, -0.15) is 0 Å². The first-order valence-electron chi connectivity index (χ1n) is 7.29. The monoisotopic (exact) mass is 376 g/mol. The number of esters is 1. The Kier molecular flexibility index (Phi) is 5.47. The van der Waals surface area contributed by atoms with E-state index in [1.165, 1.54) is 11.3 Å². The van der Waals surface area contributed by atoms with Crippen LogP contribution in [0.4, 0.5) is 5.13 Å². The Labute approximate surface area is 152 Å². The Morgan fingerprint density at radius 3 is 2.60 bits per heavy atom. The summed E-state index contributed by atoms with van der Waals surface area (Å²) in [4.78, 5) is 27.7. The van der Waals surface area contributed by atoms with Gasteiger partial charge in [-0.15, -0.1) is 0 Å². The fourth-order valence-electron chi connectivity index (χ4n) is 1.94. The average molecular weight is 377 g/mol. The largest absolute Gasteiger partial charge is 0.482 e. The lowest BCUT2D eigenvalue weighted by Gasteiger charge is -2.06. The smallest absolute Gasteiger partial charge is 0.344 e. The van der Waals surface area contributed by atoms with Crippen LogP contribution < -0.4 is 10.1 Å². The van der Waals surface area contributed by atoms with Gasteiger partial charge in [0.05, 0.1) is 10.2 Å². The summed E-state index contributed by atoms with van der Waals surface area (Å²) in [6.07, 6.45) is 0. The number of thiazole rings is 1. The van der Waals surface area contributed by atoms with Gasteiger partial charge in [-0.25, -0.2) is 9.78 Å². The Morgan fingerprint density at radius 1 is 1.08 bits per heavy atom. The quantitative estimate of drug-likeness (QED) is 0.666. The highest BCUT2D eigenvalue weighted by Gasteiger charge is 2.11. The summed E-state index contributed by atoms with van der Waals surface area (Å²) >= 11 is 7.10. The van der Waals surface area contributed by atoms with Gasteiger partial charge >= 0.3 is 5.97 Å². The first-order chi connectivity index (χ1) is 12.1. The van der Waals surface area contributed by atoms with Crippen LogP contribution in [0.1, 0.15) is 0 Å². The molecule has 3 rings (SSSR count). The highest BCUT2D eigenvalue weighted by Crippen LogP contribution is 2.25. The number of halogens is 1. The molecule has 0 radical (unpaired) electrons. The number of nitrogens with zero attached hydrogens (tertiary/aromatic N) is 1. The number of fused-ring (bicyclic) bond motifs is 1. The van der Waals surface area contributed by atoms with E-state index in [1.807, 2.05) is 24.3 Å². The minimum atomic E-state index is -0.644. The fourth-order valence-corrected chi connectivity index (χ4v) is 2.95. The molecular formula is C17H13ClN2O4S. The Morgan fingerprint density at radius 2 is 1.84 bits per heavy atom. The molecule has 0 unspecified atom stereocenters. The number of para-hydroxylation sites is 1. The third-order valence-electron chi connectivity index (χ3n) is 3.07. The maximum Gasteiger partial charge on any atom is 0.344 e. The number of anilines is 1. The number of benzene rings is 2. The second-order valence-electron chi connectivity index (χ2n) is 4.94. The number of hydrogen-bond donors (Lipinski definition) is 1. The second-order valence-corrected chi connectivity index (χ2v) is 6.41. The predicted octanol–water partition coefficient (Wildman–Crippen LogP) is 3.51. The predicted molar refractivity (Wildman–Crippen MR) is 96.2 cm³/mol. The van der Waals surface area contributed by atoms with Gasteiger partial charge < -0.3 is 9.47 Å². The standard InChI is InChI=1S/C17H13ClN2O4S/c18-11-5-7-12(8-6-11)23-10-16(22)24-9-15(21)20-17-19-13-3-1-2-4-14(13)25-17/h1-8H,9-10H2,(H,19,20,21). The number of amides is 1. The molecule has 0 saturated heterocycles. The zero-order valence-electron chi connectivity index (χ0n) is 12.9. The lowest BCUT2D eigenvalue weighted by molar-refractivity contribution is -0.149. The maximum absolute atomic E-state index is 11.8. The molecule has 3 aromatic rings. The maximum atomic E-state index is 11.8. The molecule has 0 aliphatic carbocycles. The number of carbonyl (C=O) groups excluding carboxylic acids is 2. The molecule has 0 saturated carbocycles. The summed E-state index contributed by atoms with van der Waals surface area (Å²) < 4.78 is 11.1. The lowest BCUT2D eigenvalue weighted by Crippen LogP contribution is -2.23. The van der Waals surface area contributed by atoms with Crippen molar-refractivity contribution in [3.63, 3.8) is 0 Å². The molecule has 0 aliphatic heterocycles. The van der Waals surface area contributed by atoms with Gasteiger partial charge in [0.25, 0.3) is 5.91 Å². The van der Waals surface area contributed by atoms with Crippen molar-refractivity contribution < 1.29 is 19.1 Å². The molecule has 128 valence electrons. The van der Waals surface area contributed by atoms with Gasteiger partial charge in [0.2, 0.25) is 0 Å². The van der Waals surface area contributed by atoms with E-state index < -0.39 is 18.5 Å². The minimum absolute atomic E-state index is 0.296. The molecule has 25 heavy (non-hydrogen) atoms. The van der Waals surface area contributed by atoms with Crippen molar-refractivity contribution >= 4 is 50.2 Å². The zero-order valence-corrected chi connectivity index (χ0v) is 14.5. The first kappa shape index (κ1) is 17.2. The Balaban J connectivity index is 1.43. The molecule has 6 nitrogen and oxygen atoms in total. The van der Waals surface area contributed by atoms with E-state index in [-0.39, 0.29) is 6.61 Å². The molecule has 0 bridgehead atoms. The number of carbonyl (C=O) groups is 2. The number of hydrogen-bond acceptors (Lipinski definition) is 6. The number of aromatic nitrogens is 1. The molecule has 0 aliphatic rings. The van der Waals surface area contributed by atoms with E-state index in [1.54, 1.807) is 24.3 Å². The van der Waals surface area contributed by atoms with Crippen LogP contribution in [0.5, 0.6) is 5.75 Å². The van der Waals surface area contributed by atoms with Crippen LogP contribution in [-0.2, 0) is 14.3 Å². The molecular weight excluding hydrogens is 364 g/mol. The van der Waals surface area contributed by atoms with Crippen LogP contribution in [-0.4, -0.2) is 30.1 Å². The van der Waals surface area contributed by atoms with Crippen molar-refractivity contribution in [1.29, 1.82) is 0 Å². The highest BCUT2D eigenvalue weighted by atomic mass is 35.5. The number of rotatable bonds is 6. The summed E-state index contributed by atoms with van der Waals surface area (Å²) in [5, 5.41) is 3.63. The first-order valence-corrected chi connectivity index (χ1v) is 8.49. The molecule has 8 heteroatoms. The molecule has 1 N–H and O–H groups in total. The van der Waals surface area contributed by atoms with Gasteiger partial charge in [-0.3, -0.25) is 10.1 Å². The van der Waals surface area contributed by atoms with Crippen LogP contribution >= 0.6 is 22.9 Å². The van der Waals surface area contributed by atoms with Crippen LogP contribution in [0.25, 0.3) is 10.2 Å². The molecule has 0 spiro atoms. The minimum Gasteiger partial charge on any atom is -0.482 e. The van der Waals surface area contributed by atoms with Crippen LogP contribution in [0, 0.1) is 0 Å². The number of ether oxygens (including phenoxy) is 2. The normalized spacial score (nSPS) is 10.4. The summed E-state index contributed by atoms with van der Waals surface area (Å²) in [6.45, 7) is -0.700. The summed E-state index contributed by atoms with van der Waals surface area (Å²) in [5.74, 6) is -0.617. The number of nitrogens with one attached hydrogen (secondary N) is 1. The lowest BCUT2D eigenvalue weighted by atomic mass is 10.3. The Hall–Kier alpha value is -2.64. The van der Waals surface area contributed by atoms with Crippen molar-refractivity contribution in [2.24, 2.45) is 0 Å². The summed E-state index contributed by atoms with van der Waals surface area (Å²) in [7, 11) is 0. The van der Waals surface area contributed by atoms with Crippen molar-refractivity contribution in [1.82, 2.24) is 4.98 Å². The van der Waals surface area contributed by atoms with Crippen LogP contribution in [0.15, 0.2) is 48.5 Å². The highest BCUT2D eigenvalue weighted by molar-refractivity contribution is 7.22. The fraction of sp³-hybridized carbons (Fsp3) is 0.118. The van der Waals surface area contributed by atoms with Gasteiger partial charge in [0.15, 0.2) is 18.3 Å². The topological polar surface area (TPSA) is 77.5 Å². The zero-order chi connectivity index (χ0) is 17.6. The molecule has 1 heterocycles. The van der Waals surface area contributed by atoms with E-state index in [2.05, 4.69) is 10.3 Å². The van der Waals surface area contributed by atoms with Crippen LogP contribution in [0.3, 0.4) is 0 Å².